The molecule has 1 aromatic rings. The van der Waals surface area contributed by atoms with Crippen LogP contribution in [0.1, 0.15) is 50.3 Å². The summed E-state index contributed by atoms with van der Waals surface area (Å²) in [5.74, 6) is -1.33. The van der Waals surface area contributed by atoms with Gasteiger partial charge in [-0.05, 0) is 56.0 Å². The van der Waals surface area contributed by atoms with E-state index in [9.17, 15) is 9.18 Å². The fourth-order valence-electron chi connectivity index (χ4n) is 3.26. The molecule has 2 unspecified atom stereocenters. The zero-order chi connectivity index (χ0) is 16.6. The van der Waals surface area contributed by atoms with Crippen LogP contribution in [0.4, 0.5) is 10.1 Å². The van der Waals surface area contributed by atoms with Crippen molar-refractivity contribution in [1.82, 2.24) is 0 Å². The monoisotopic (exact) mass is 305 g/mol. The quantitative estimate of drug-likeness (QED) is 0.619. The lowest BCUT2D eigenvalue weighted by Crippen LogP contribution is -2.25. The Labute approximate surface area is 131 Å². The lowest BCUT2D eigenvalue weighted by atomic mass is 9.89. The second kappa shape index (κ2) is 6.11. The molecule has 0 fully saturated rings. The largest absolute Gasteiger partial charge is 0.461 e. The third kappa shape index (κ3) is 2.51. The first-order valence-electron chi connectivity index (χ1n) is 7.71. The molecule has 0 aliphatic carbocycles. The molecule has 1 aliphatic heterocycles. The number of carbonyl (C=O) groups excluding carboxylic acids is 1. The molecule has 0 spiro atoms. The first-order chi connectivity index (χ1) is 10.3. The fraction of sp³-hybridized carbons (Fsp3) is 0.500. The van der Waals surface area contributed by atoms with Crippen molar-refractivity contribution in [3.63, 3.8) is 0 Å². The van der Waals surface area contributed by atoms with Crippen LogP contribution in [-0.4, -0.2) is 25.7 Å². The number of fused-ring (bicyclic) bond motifs is 1. The molecule has 0 saturated carbocycles. The highest BCUT2D eigenvalue weighted by atomic mass is 19.1. The van der Waals surface area contributed by atoms with Gasteiger partial charge in [-0.2, -0.15) is 4.39 Å². The lowest BCUT2D eigenvalue weighted by Gasteiger charge is -2.20. The zero-order valence-electron chi connectivity index (χ0n) is 14.2. The molecule has 0 aromatic heterocycles. The van der Waals surface area contributed by atoms with Gasteiger partial charge in [-0.15, -0.1) is 0 Å². The molecule has 0 saturated heterocycles. The van der Waals surface area contributed by atoms with E-state index >= 15 is 0 Å². The van der Waals surface area contributed by atoms with Crippen LogP contribution in [-0.2, 0) is 9.53 Å². The Morgan fingerprint density at radius 1 is 1.36 bits per heavy atom. The van der Waals surface area contributed by atoms with Crippen LogP contribution in [0.2, 0.25) is 0 Å². The number of allylic oxidation sites excluding steroid dienone is 1. The van der Waals surface area contributed by atoms with Crippen LogP contribution < -0.4 is 4.90 Å². The Morgan fingerprint density at radius 3 is 2.59 bits per heavy atom. The maximum absolute atomic E-state index is 14.2. The number of likely N-dealkylation sites (N-methyl/N-ethyl adjacent to an activating group) is 1. The van der Waals surface area contributed by atoms with E-state index in [4.69, 9.17) is 4.74 Å². The van der Waals surface area contributed by atoms with E-state index < -0.39 is 11.8 Å². The van der Waals surface area contributed by atoms with Gasteiger partial charge in [0, 0.05) is 24.7 Å². The Bertz CT molecular complexity index is 636. The minimum atomic E-state index is -0.890. The predicted octanol–water partition coefficient (Wildman–Crippen LogP) is 4.20. The van der Waals surface area contributed by atoms with E-state index in [0.29, 0.717) is 17.5 Å². The SMILES string of the molecule is CCOC(=O)C(F)=C(C)c1ccc2c(c1C)C(C)C(C)N2C. The number of hydrogen-bond acceptors (Lipinski definition) is 3. The van der Waals surface area contributed by atoms with Gasteiger partial charge in [0.2, 0.25) is 5.83 Å². The highest BCUT2D eigenvalue weighted by molar-refractivity contribution is 5.95. The molecule has 0 N–H and O–H groups in total. The van der Waals surface area contributed by atoms with Crippen LogP contribution in [0.25, 0.3) is 5.57 Å². The Hall–Kier alpha value is -1.84. The fourth-order valence-corrected chi connectivity index (χ4v) is 3.26. The number of halogens is 1. The van der Waals surface area contributed by atoms with E-state index in [0.717, 1.165) is 11.1 Å². The Balaban J connectivity index is 2.52. The smallest absolute Gasteiger partial charge is 0.367 e. The molecule has 1 heterocycles. The minimum absolute atomic E-state index is 0.169. The highest BCUT2D eigenvalue weighted by Crippen LogP contribution is 2.43. The Kier molecular flexibility index (Phi) is 4.59. The van der Waals surface area contributed by atoms with Gasteiger partial charge in [0.05, 0.1) is 6.61 Å². The molecule has 0 amide bonds. The van der Waals surface area contributed by atoms with E-state index in [-0.39, 0.29) is 6.61 Å². The summed E-state index contributed by atoms with van der Waals surface area (Å²) in [5.41, 5.74) is 4.58. The molecule has 3 nitrogen and oxygen atoms in total. The molecular weight excluding hydrogens is 281 g/mol. The van der Waals surface area contributed by atoms with E-state index in [1.54, 1.807) is 13.8 Å². The summed E-state index contributed by atoms with van der Waals surface area (Å²) in [6, 6.07) is 4.31. The number of rotatable bonds is 3. The summed E-state index contributed by atoms with van der Waals surface area (Å²) in [6.45, 7) is 9.84. The van der Waals surface area contributed by atoms with Crippen LogP contribution in [0.3, 0.4) is 0 Å². The second-order valence-corrected chi connectivity index (χ2v) is 5.97. The standard InChI is InChI=1S/C18H24FNO2/c1-7-22-18(21)17(19)12(4)14-8-9-15-16(11(14)3)10(2)13(5)20(15)6/h8-10,13H,7H2,1-6H3. The summed E-state index contributed by atoms with van der Waals surface area (Å²) in [5, 5.41) is 0. The predicted molar refractivity (Wildman–Crippen MR) is 87.8 cm³/mol. The zero-order valence-corrected chi connectivity index (χ0v) is 14.2. The van der Waals surface area contributed by atoms with E-state index in [1.165, 1.54) is 11.3 Å². The minimum Gasteiger partial charge on any atom is -0.461 e. The number of carbonyl (C=O) groups is 1. The first-order valence-corrected chi connectivity index (χ1v) is 7.71. The van der Waals surface area contributed by atoms with Crippen molar-refractivity contribution in [2.75, 3.05) is 18.6 Å². The molecule has 4 heteroatoms. The second-order valence-electron chi connectivity index (χ2n) is 5.97. The van der Waals surface area contributed by atoms with E-state index in [1.807, 2.05) is 19.1 Å². The van der Waals surface area contributed by atoms with Crippen molar-refractivity contribution in [1.29, 1.82) is 0 Å². The number of nitrogens with zero attached hydrogens (tertiary/aromatic N) is 1. The van der Waals surface area contributed by atoms with Crippen LogP contribution in [0.15, 0.2) is 18.0 Å². The molecule has 1 aromatic carbocycles. The van der Waals surface area contributed by atoms with Gasteiger partial charge in [0.1, 0.15) is 0 Å². The summed E-state index contributed by atoms with van der Waals surface area (Å²) in [6.07, 6.45) is 0. The van der Waals surface area contributed by atoms with Crippen molar-refractivity contribution in [3.8, 4) is 0 Å². The average molecular weight is 305 g/mol. The van der Waals surface area contributed by atoms with Gasteiger partial charge in [-0.25, -0.2) is 4.79 Å². The van der Waals surface area contributed by atoms with Crippen molar-refractivity contribution < 1.29 is 13.9 Å². The molecule has 1 aliphatic rings. The number of esters is 1. The Morgan fingerprint density at radius 2 is 2.00 bits per heavy atom. The molecule has 2 rings (SSSR count). The summed E-state index contributed by atoms with van der Waals surface area (Å²) in [4.78, 5) is 13.9. The first kappa shape index (κ1) is 16.5. The molecule has 22 heavy (non-hydrogen) atoms. The van der Waals surface area contributed by atoms with Crippen LogP contribution in [0.5, 0.6) is 0 Å². The van der Waals surface area contributed by atoms with Crippen molar-refractivity contribution in [3.05, 3.63) is 34.6 Å². The van der Waals surface area contributed by atoms with E-state index in [2.05, 4.69) is 25.8 Å². The summed E-state index contributed by atoms with van der Waals surface area (Å²) < 4.78 is 19.0. The van der Waals surface area contributed by atoms with Gasteiger partial charge in [-0.3, -0.25) is 0 Å². The molecule has 2 atom stereocenters. The van der Waals surface area contributed by atoms with Crippen LogP contribution in [0, 0.1) is 6.92 Å². The third-order valence-corrected chi connectivity index (χ3v) is 4.85. The molecule has 0 radical (unpaired) electrons. The normalized spacial score (nSPS) is 21.5. The number of benzene rings is 1. The van der Waals surface area contributed by atoms with Crippen molar-refractivity contribution in [2.24, 2.45) is 0 Å². The molecular formula is C18H24FNO2. The van der Waals surface area contributed by atoms with Gasteiger partial charge >= 0.3 is 5.97 Å². The topological polar surface area (TPSA) is 29.5 Å². The average Bonchev–Trinajstić information content (AvgIpc) is 2.71. The molecule has 0 bridgehead atoms. The number of hydrogen-bond donors (Lipinski definition) is 0. The number of ether oxygens (including phenoxy) is 1. The van der Waals surface area contributed by atoms with Gasteiger partial charge in [0.25, 0.3) is 0 Å². The van der Waals surface area contributed by atoms with Gasteiger partial charge in [0.15, 0.2) is 0 Å². The molecule has 120 valence electrons. The maximum atomic E-state index is 14.2. The summed E-state index contributed by atoms with van der Waals surface area (Å²) >= 11 is 0. The number of anilines is 1. The third-order valence-electron chi connectivity index (χ3n) is 4.85. The maximum Gasteiger partial charge on any atom is 0.367 e. The highest BCUT2D eigenvalue weighted by Gasteiger charge is 2.32. The van der Waals surface area contributed by atoms with Gasteiger partial charge in [-0.1, -0.05) is 13.0 Å². The van der Waals surface area contributed by atoms with Crippen molar-refractivity contribution >= 4 is 17.2 Å². The van der Waals surface area contributed by atoms with Crippen molar-refractivity contribution in [2.45, 2.75) is 46.6 Å². The van der Waals surface area contributed by atoms with Gasteiger partial charge < -0.3 is 9.64 Å². The summed E-state index contributed by atoms with van der Waals surface area (Å²) in [7, 11) is 2.08. The van der Waals surface area contributed by atoms with Crippen LogP contribution >= 0.6 is 0 Å². The lowest BCUT2D eigenvalue weighted by molar-refractivity contribution is -0.140.